The van der Waals surface area contributed by atoms with Crippen LogP contribution in [0.25, 0.3) is 0 Å². The molecule has 0 atom stereocenters. The molecule has 1 fully saturated rings. The fourth-order valence-electron chi connectivity index (χ4n) is 3.44. The minimum atomic E-state index is -0.607. The SMILES string of the molecule is COc1cc(C(=O)NCc2ccc(CN3CCCC3)cc2)c([N+](=O)[O-])cc1OC. The average molecular weight is 399 g/mol. The van der Waals surface area contributed by atoms with Crippen LogP contribution in [-0.4, -0.2) is 43.0 Å². The number of hydrogen-bond acceptors (Lipinski definition) is 6. The van der Waals surface area contributed by atoms with Crippen molar-refractivity contribution in [2.75, 3.05) is 27.3 Å². The lowest BCUT2D eigenvalue weighted by molar-refractivity contribution is -0.385. The predicted molar refractivity (Wildman–Crippen MR) is 108 cm³/mol. The maximum atomic E-state index is 12.6. The Morgan fingerprint density at radius 3 is 2.24 bits per heavy atom. The van der Waals surface area contributed by atoms with E-state index in [1.54, 1.807) is 0 Å². The molecule has 154 valence electrons. The maximum absolute atomic E-state index is 12.6. The molecule has 1 heterocycles. The second kappa shape index (κ2) is 9.38. The molecule has 0 radical (unpaired) electrons. The van der Waals surface area contributed by atoms with E-state index >= 15 is 0 Å². The number of nitrogens with zero attached hydrogens (tertiary/aromatic N) is 2. The van der Waals surface area contributed by atoms with Crippen molar-refractivity contribution in [2.24, 2.45) is 0 Å². The van der Waals surface area contributed by atoms with E-state index in [-0.39, 0.29) is 29.3 Å². The van der Waals surface area contributed by atoms with E-state index in [1.165, 1.54) is 44.8 Å². The fourth-order valence-corrected chi connectivity index (χ4v) is 3.44. The van der Waals surface area contributed by atoms with Crippen molar-refractivity contribution >= 4 is 11.6 Å². The van der Waals surface area contributed by atoms with Gasteiger partial charge in [-0.1, -0.05) is 24.3 Å². The molecule has 1 amide bonds. The molecule has 8 heteroatoms. The Kier molecular flexibility index (Phi) is 6.66. The third-order valence-corrected chi connectivity index (χ3v) is 5.02. The summed E-state index contributed by atoms with van der Waals surface area (Å²) in [7, 11) is 2.80. The predicted octanol–water partition coefficient (Wildman–Crippen LogP) is 3.14. The van der Waals surface area contributed by atoms with E-state index in [0.717, 1.165) is 25.2 Å². The Balaban J connectivity index is 1.67. The Bertz CT molecular complexity index is 877. The maximum Gasteiger partial charge on any atom is 0.286 e. The highest BCUT2D eigenvalue weighted by Gasteiger charge is 2.24. The Morgan fingerprint density at radius 1 is 1.07 bits per heavy atom. The zero-order chi connectivity index (χ0) is 20.8. The van der Waals surface area contributed by atoms with Crippen molar-refractivity contribution < 1.29 is 19.2 Å². The van der Waals surface area contributed by atoms with Gasteiger partial charge in [-0.15, -0.1) is 0 Å². The number of rotatable bonds is 8. The topological polar surface area (TPSA) is 93.9 Å². The van der Waals surface area contributed by atoms with E-state index in [4.69, 9.17) is 9.47 Å². The van der Waals surface area contributed by atoms with Gasteiger partial charge in [-0.25, -0.2) is 0 Å². The first-order valence-electron chi connectivity index (χ1n) is 9.50. The van der Waals surface area contributed by atoms with Crippen LogP contribution in [0.4, 0.5) is 5.69 Å². The summed E-state index contributed by atoms with van der Waals surface area (Å²) in [6.07, 6.45) is 2.51. The van der Waals surface area contributed by atoms with Gasteiger partial charge < -0.3 is 14.8 Å². The molecule has 8 nitrogen and oxygen atoms in total. The minimum absolute atomic E-state index is 0.0710. The van der Waals surface area contributed by atoms with E-state index in [9.17, 15) is 14.9 Å². The number of benzene rings is 2. The third-order valence-electron chi connectivity index (χ3n) is 5.02. The Hall–Kier alpha value is -3.13. The van der Waals surface area contributed by atoms with Crippen molar-refractivity contribution in [3.63, 3.8) is 0 Å². The lowest BCUT2D eigenvalue weighted by atomic mass is 10.1. The molecule has 0 aromatic heterocycles. The van der Waals surface area contributed by atoms with Crippen LogP contribution in [0.15, 0.2) is 36.4 Å². The summed E-state index contributed by atoms with van der Waals surface area (Å²) in [5.41, 5.74) is 1.75. The smallest absolute Gasteiger partial charge is 0.286 e. The summed E-state index contributed by atoms with van der Waals surface area (Å²) in [6, 6.07) is 10.6. The molecule has 0 bridgehead atoms. The number of nitro groups is 1. The first kappa shape index (κ1) is 20.6. The van der Waals surface area contributed by atoms with Gasteiger partial charge in [-0.3, -0.25) is 19.8 Å². The van der Waals surface area contributed by atoms with Gasteiger partial charge in [0, 0.05) is 19.2 Å². The average Bonchev–Trinajstić information content (AvgIpc) is 3.24. The van der Waals surface area contributed by atoms with Crippen LogP contribution < -0.4 is 14.8 Å². The number of nitrogens with one attached hydrogen (secondary N) is 1. The highest BCUT2D eigenvalue weighted by atomic mass is 16.6. The summed E-state index contributed by atoms with van der Waals surface area (Å²) in [5.74, 6) is -0.0855. The van der Waals surface area contributed by atoms with Gasteiger partial charge in [0.15, 0.2) is 11.5 Å². The summed E-state index contributed by atoms with van der Waals surface area (Å²) < 4.78 is 10.2. The molecule has 0 unspecified atom stereocenters. The molecule has 2 aromatic carbocycles. The molecule has 1 aliphatic rings. The van der Waals surface area contributed by atoms with Gasteiger partial charge >= 0.3 is 0 Å². The standard InChI is InChI=1S/C21H25N3O5/c1-28-19-11-17(18(24(26)27)12-20(19)29-2)21(25)22-13-15-5-7-16(8-6-15)14-23-9-3-4-10-23/h5-8,11-12H,3-4,9-10,13-14H2,1-2H3,(H,22,25). The molecule has 1 saturated heterocycles. The first-order chi connectivity index (χ1) is 14.0. The molecule has 29 heavy (non-hydrogen) atoms. The van der Waals surface area contributed by atoms with Crippen LogP contribution in [0.3, 0.4) is 0 Å². The lowest BCUT2D eigenvalue weighted by Crippen LogP contribution is -2.24. The molecule has 2 aromatic rings. The number of nitro benzene ring substituents is 1. The zero-order valence-electron chi connectivity index (χ0n) is 16.6. The van der Waals surface area contributed by atoms with Crippen LogP contribution in [0.1, 0.15) is 34.3 Å². The molecular weight excluding hydrogens is 374 g/mol. The van der Waals surface area contributed by atoms with E-state index in [0.29, 0.717) is 0 Å². The van der Waals surface area contributed by atoms with E-state index in [2.05, 4.69) is 22.3 Å². The number of methoxy groups -OCH3 is 2. The van der Waals surface area contributed by atoms with Gasteiger partial charge in [-0.2, -0.15) is 0 Å². The van der Waals surface area contributed by atoms with Gasteiger partial charge in [0.25, 0.3) is 11.6 Å². The molecule has 0 spiro atoms. The molecule has 0 aliphatic carbocycles. The Morgan fingerprint density at radius 2 is 1.66 bits per heavy atom. The van der Waals surface area contributed by atoms with E-state index in [1.807, 2.05) is 12.1 Å². The third kappa shape index (κ3) is 5.03. The van der Waals surface area contributed by atoms with Crippen molar-refractivity contribution in [1.82, 2.24) is 10.2 Å². The molecule has 1 N–H and O–H groups in total. The number of carbonyl (C=O) groups is 1. The van der Waals surface area contributed by atoms with Crippen molar-refractivity contribution in [2.45, 2.75) is 25.9 Å². The van der Waals surface area contributed by atoms with Crippen LogP contribution >= 0.6 is 0 Å². The molecule has 3 rings (SSSR count). The van der Waals surface area contributed by atoms with Gasteiger partial charge in [-0.05, 0) is 37.1 Å². The van der Waals surface area contributed by atoms with Crippen LogP contribution in [0, 0.1) is 10.1 Å². The monoisotopic (exact) mass is 399 g/mol. The van der Waals surface area contributed by atoms with Crippen molar-refractivity contribution in [1.29, 1.82) is 0 Å². The van der Waals surface area contributed by atoms with Crippen LogP contribution in [0.5, 0.6) is 11.5 Å². The van der Waals surface area contributed by atoms with Crippen molar-refractivity contribution in [3.05, 3.63) is 63.2 Å². The summed E-state index contributed by atoms with van der Waals surface area (Å²) in [6.45, 7) is 3.49. The number of ether oxygens (including phenoxy) is 2. The fraction of sp³-hybridized carbons (Fsp3) is 0.381. The summed E-state index contributed by atoms with van der Waals surface area (Å²) >= 11 is 0. The lowest BCUT2D eigenvalue weighted by Gasteiger charge is -2.15. The highest BCUT2D eigenvalue weighted by molar-refractivity contribution is 5.99. The van der Waals surface area contributed by atoms with Crippen LogP contribution in [0.2, 0.25) is 0 Å². The number of hydrogen-bond donors (Lipinski definition) is 1. The quantitative estimate of drug-likeness (QED) is 0.541. The van der Waals surface area contributed by atoms with Gasteiger partial charge in [0.05, 0.1) is 25.2 Å². The molecule has 1 aliphatic heterocycles. The van der Waals surface area contributed by atoms with Crippen molar-refractivity contribution in [3.8, 4) is 11.5 Å². The Labute approximate surface area is 169 Å². The minimum Gasteiger partial charge on any atom is -0.493 e. The van der Waals surface area contributed by atoms with E-state index < -0.39 is 10.8 Å². The number of likely N-dealkylation sites (tertiary alicyclic amines) is 1. The number of amides is 1. The first-order valence-corrected chi connectivity index (χ1v) is 9.50. The normalized spacial score (nSPS) is 13.9. The molecule has 0 saturated carbocycles. The largest absolute Gasteiger partial charge is 0.493 e. The second-order valence-electron chi connectivity index (χ2n) is 6.96. The second-order valence-corrected chi connectivity index (χ2v) is 6.96. The number of carbonyl (C=O) groups excluding carboxylic acids is 1. The van der Waals surface area contributed by atoms with Gasteiger partial charge in [0.2, 0.25) is 0 Å². The summed E-state index contributed by atoms with van der Waals surface area (Å²) in [4.78, 5) is 25.8. The zero-order valence-corrected chi connectivity index (χ0v) is 16.6. The summed E-state index contributed by atoms with van der Waals surface area (Å²) in [5, 5.41) is 14.1. The van der Waals surface area contributed by atoms with Crippen LogP contribution in [-0.2, 0) is 13.1 Å². The molecular formula is C21H25N3O5. The highest BCUT2D eigenvalue weighted by Crippen LogP contribution is 2.34. The van der Waals surface area contributed by atoms with Gasteiger partial charge in [0.1, 0.15) is 5.56 Å².